The number of hydrogen-bond acceptors (Lipinski definition) is 3. The first kappa shape index (κ1) is 10.2. The van der Waals surface area contributed by atoms with Gasteiger partial charge in [-0.15, -0.1) is 0 Å². The summed E-state index contributed by atoms with van der Waals surface area (Å²) < 4.78 is 1.50. The topological polar surface area (TPSA) is 84.2 Å². The smallest absolute Gasteiger partial charge is 0.303 e. The van der Waals surface area contributed by atoms with Gasteiger partial charge < -0.3 is 10.4 Å². The van der Waals surface area contributed by atoms with E-state index in [2.05, 4.69) is 10.4 Å². The number of hydrogen-bond donors (Lipinski definition) is 2. The van der Waals surface area contributed by atoms with Crippen LogP contribution in [0.5, 0.6) is 0 Å². The molecule has 0 aliphatic rings. The second-order valence-corrected chi connectivity index (χ2v) is 2.78. The van der Waals surface area contributed by atoms with E-state index in [4.69, 9.17) is 5.11 Å². The highest BCUT2D eigenvalue weighted by atomic mass is 16.4. The number of carbonyl (C=O) groups excluding carboxylic acids is 1. The summed E-state index contributed by atoms with van der Waals surface area (Å²) in [6.07, 6.45) is 1.36. The van der Waals surface area contributed by atoms with Gasteiger partial charge in [0.25, 0.3) is 0 Å². The fourth-order valence-corrected chi connectivity index (χ4v) is 0.922. The Morgan fingerprint density at radius 2 is 2.29 bits per heavy atom. The molecule has 0 saturated heterocycles. The van der Waals surface area contributed by atoms with Crippen molar-refractivity contribution >= 4 is 17.7 Å². The zero-order chi connectivity index (χ0) is 10.6. The Morgan fingerprint density at radius 3 is 2.79 bits per heavy atom. The molecule has 0 saturated carbocycles. The van der Waals surface area contributed by atoms with Gasteiger partial charge in [0.1, 0.15) is 5.82 Å². The van der Waals surface area contributed by atoms with Crippen LogP contribution in [0.3, 0.4) is 0 Å². The second-order valence-electron chi connectivity index (χ2n) is 2.78. The predicted octanol–water partition coefficient (Wildman–Crippen LogP) is 0.223. The van der Waals surface area contributed by atoms with Crippen molar-refractivity contribution in [1.29, 1.82) is 0 Å². The number of carboxylic acids is 1. The van der Waals surface area contributed by atoms with E-state index in [1.807, 2.05) is 0 Å². The molecule has 0 atom stereocenters. The summed E-state index contributed by atoms with van der Waals surface area (Å²) in [7, 11) is 1.69. The molecule has 0 aromatic carbocycles. The number of carbonyl (C=O) groups is 2. The number of amides is 1. The lowest BCUT2D eigenvalue weighted by Crippen LogP contribution is -2.15. The third kappa shape index (κ3) is 2.89. The highest BCUT2D eigenvalue weighted by Gasteiger charge is 2.07. The summed E-state index contributed by atoms with van der Waals surface area (Å²) in [4.78, 5) is 21.3. The minimum absolute atomic E-state index is 0.0273. The number of carboxylic acid groups (broad SMARTS) is 1. The monoisotopic (exact) mass is 197 g/mol. The maximum atomic E-state index is 11.2. The fraction of sp³-hybridized carbons (Fsp3) is 0.375. The van der Waals surface area contributed by atoms with Gasteiger partial charge in [-0.25, -0.2) is 0 Å². The van der Waals surface area contributed by atoms with Gasteiger partial charge in [0.2, 0.25) is 5.91 Å². The van der Waals surface area contributed by atoms with Crippen molar-refractivity contribution in [2.24, 2.45) is 7.05 Å². The predicted molar refractivity (Wildman–Crippen MR) is 48.7 cm³/mol. The molecule has 0 bridgehead atoms. The average Bonchev–Trinajstić information content (AvgIpc) is 2.49. The van der Waals surface area contributed by atoms with Gasteiger partial charge in [0.05, 0.1) is 12.6 Å². The lowest BCUT2D eigenvalue weighted by atomic mass is 10.3. The van der Waals surface area contributed by atoms with Crippen molar-refractivity contribution in [2.75, 3.05) is 5.32 Å². The third-order valence-corrected chi connectivity index (χ3v) is 1.65. The number of aromatic nitrogens is 2. The van der Waals surface area contributed by atoms with Crippen LogP contribution in [-0.2, 0) is 16.6 Å². The average molecular weight is 197 g/mol. The maximum absolute atomic E-state index is 11.2. The van der Waals surface area contributed by atoms with Crippen LogP contribution in [0.1, 0.15) is 12.8 Å². The van der Waals surface area contributed by atoms with Crippen LogP contribution in [0.2, 0.25) is 0 Å². The first-order valence-electron chi connectivity index (χ1n) is 4.09. The van der Waals surface area contributed by atoms with Crippen molar-refractivity contribution in [3.63, 3.8) is 0 Å². The highest BCUT2D eigenvalue weighted by molar-refractivity contribution is 5.91. The molecule has 0 aliphatic carbocycles. The molecule has 6 nitrogen and oxygen atoms in total. The van der Waals surface area contributed by atoms with E-state index in [1.54, 1.807) is 19.3 Å². The van der Waals surface area contributed by atoms with Crippen LogP contribution in [0.25, 0.3) is 0 Å². The molecule has 1 aromatic heterocycles. The number of rotatable bonds is 4. The lowest BCUT2D eigenvalue weighted by Gasteiger charge is -2.03. The maximum Gasteiger partial charge on any atom is 0.303 e. The number of anilines is 1. The van der Waals surface area contributed by atoms with Gasteiger partial charge in [-0.1, -0.05) is 0 Å². The molecule has 1 heterocycles. The van der Waals surface area contributed by atoms with E-state index < -0.39 is 5.97 Å². The van der Waals surface area contributed by atoms with Crippen LogP contribution < -0.4 is 5.32 Å². The Hall–Kier alpha value is -1.85. The Bertz CT molecular complexity index is 345. The zero-order valence-electron chi connectivity index (χ0n) is 7.73. The SMILES string of the molecule is Cn1nccc1NC(=O)CCC(=O)O. The molecule has 0 aliphatic heterocycles. The number of aliphatic carboxylic acids is 1. The molecular weight excluding hydrogens is 186 g/mol. The van der Waals surface area contributed by atoms with Gasteiger partial charge in [0, 0.05) is 19.5 Å². The summed E-state index contributed by atoms with van der Waals surface area (Å²) in [5, 5.41) is 14.7. The molecule has 0 fully saturated rings. The highest BCUT2D eigenvalue weighted by Crippen LogP contribution is 2.04. The van der Waals surface area contributed by atoms with Gasteiger partial charge in [-0.05, 0) is 0 Å². The zero-order valence-corrected chi connectivity index (χ0v) is 7.73. The standard InChI is InChI=1S/C8H11N3O3/c1-11-6(4-5-9-11)10-7(12)2-3-8(13)14/h4-5H,2-3H2,1H3,(H,10,12)(H,13,14). The molecule has 14 heavy (non-hydrogen) atoms. The first-order valence-corrected chi connectivity index (χ1v) is 4.09. The Balaban J connectivity index is 2.42. The minimum Gasteiger partial charge on any atom is -0.481 e. The van der Waals surface area contributed by atoms with E-state index in [9.17, 15) is 9.59 Å². The molecule has 1 amide bonds. The van der Waals surface area contributed by atoms with Crippen LogP contribution >= 0.6 is 0 Å². The van der Waals surface area contributed by atoms with E-state index in [0.717, 1.165) is 0 Å². The summed E-state index contributed by atoms with van der Waals surface area (Å²) in [6, 6.07) is 1.64. The fourth-order valence-electron chi connectivity index (χ4n) is 0.922. The molecule has 2 N–H and O–H groups in total. The van der Waals surface area contributed by atoms with Crippen molar-refractivity contribution in [2.45, 2.75) is 12.8 Å². The largest absolute Gasteiger partial charge is 0.481 e. The van der Waals surface area contributed by atoms with Gasteiger partial charge in [-0.2, -0.15) is 5.10 Å². The third-order valence-electron chi connectivity index (χ3n) is 1.65. The summed E-state index contributed by atoms with van der Waals surface area (Å²) in [5.74, 6) is -0.749. The quantitative estimate of drug-likeness (QED) is 0.723. The number of nitrogens with zero attached hydrogens (tertiary/aromatic N) is 2. The van der Waals surface area contributed by atoms with Gasteiger partial charge >= 0.3 is 5.97 Å². The molecule has 0 spiro atoms. The molecule has 1 rings (SSSR count). The van der Waals surface area contributed by atoms with Crippen molar-refractivity contribution in [3.8, 4) is 0 Å². The summed E-state index contributed by atoms with van der Waals surface area (Å²) >= 11 is 0. The molecule has 6 heteroatoms. The van der Waals surface area contributed by atoms with Crippen molar-refractivity contribution < 1.29 is 14.7 Å². The molecule has 1 aromatic rings. The summed E-state index contributed by atoms with van der Waals surface area (Å²) in [5.41, 5.74) is 0. The van der Waals surface area contributed by atoms with Gasteiger partial charge in [0.15, 0.2) is 0 Å². The van der Waals surface area contributed by atoms with E-state index in [-0.39, 0.29) is 18.7 Å². The Kier molecular flexibility index (Phi) is 3.22. The Morgan fingerprint density at radius 1 is 1.57 bits per heavy atom. The summed E-state index contributed by atoms with van der Waals surface area (Å²) in [6.45, 7) is 0. The molecular formula is C8H11N3O3. The van der Waals surface area contributed by atoms with Crippen molar-refractivity contribution in [3.05, 3.63) is 12.3 Å². The van der Waals surface area contributed by atoms with Crippen LogP contribution in [0.4, 0.5) is 5.82 Å². The Labute approximate surface area is 80.5 Å². The van der Waals surface area contributed by atoms with E-state index >= 15 is 0 Å². The van der Waals surface area contributed by atoms with Gasteiger partial charge in [-0.3, -0.25) is 14.3 Å². The minimum atomic E-state index is -0.981. The molecule has 0 radical (unpaired) electrons. The number of aryl methyl sites for hydroxylation is 1. The normalized spacial score (nSPS) is 9.79. The molecule has 0 unspecified atom stereocenters. The van der Waals surface area contributed by atoms with Crippen LogP contribution in [0, 0.1) is 0 Å². The molecule has 76 valence electrons. The van der Waals surface area contributed by atoms with Crippen LogP contribution in [-0.4, -0.2) is 26.8 Å². The van der Waals surface area contributed by atoms with E-state index in [1.165, 1.54) is 4.68 Å². The lowest BCUT2D eigenvalue weighted by molar-refractivity contribution is -0.138. The van der Waals surface area contributed by atoms with Crippen LogP contribution in [0.15, 0.2) is 12.3 Å². The number of nitrogens with one attached hydrogen (secondary N) is 1. The second kappa shape index (κ2) is 4.40. The van der Waals surface area contributed by atoms with Crippen molar-refractivity contribution in [1.82, 2.24) is 9.78 Å². The van der Waals surface area contributed by atoms with E-state index in [0.29, 0.717) is 5.82 Å². The first-order chi connectivity index (χ1) is 6.59.